The molecule has 0 aliphatic heterocycles. The highest BCUT2D eigenvalue weighted by Gasteiger charge is 2.16. The van der Waals surface area contributed by atoms with E-state index in [1.165, 1.54) is 12.1 Å². The fourth-order valence-electron chi connectivity index (χ4n) is 3.96. The summed E-state index contributed by atoms with van der Waals surface area (Å²) in [5.41, 5.74) is 3.80. The van der Waals surface area contributed by atoms with Crippen LogP contribution in [0.5, 0.6) is 11.5 Å². The number of rotatable bonds is 9. The van der Waals surface area contributed by atoms with Gasteiger partial charge in [0, 0.05) is 27.2 Å². The van der Waals surface area contributed by atoms with Gasteiger partial charge in [0.15, 0.2) is 0 Å². The van der Waals surface area contributed by atoms with Gasteiger partial charge in [-0.3, -0.25) is 9.48 Å². The second kappa shape index (κ2) is 12.7. The molecule has 1 amide bonds. The molecule has 0 fully saturated rings. The SMILES string of the molecule is COc1ccc(/C=C/C(=O)Nc2c(C)nn(Cc3c(F)cccc3Cl)c2C)cc1COc1ccc(Cl)cc1Br. The second-order valence-electron chi connectivity index (χ2n) is 8.66. The summed E-state index contributed by atoms with van der Waals surface area (Å²) in [6.45, 7) is 3.98. The van der Waals surface area contributed by atoms with Crippen LogP contribution in [-0.4, -0.2) is 22.8 Å². The van der Waals surface area contributed by atoms with E-state index >= 15 is 0 Å². The normalized spacial score (nSPS) is 11.2. The molecule has 0 aliphatic rings. The van der Waals surface area contributed by atoms with Crippen LogP contribution in [0.2, 0.25) is 10.0 Å². The predicted molar refractivity (Wildman–Crippen MR) is 156 cm³/mol. The lowest BCUT2D eigenvalue weighted by Gasteiger charge is -2.12. The smallest absolute Gasteiger partial charge is 0.248 e. The van der Waals surface area contributed by atoms with Gasteiger partial charge < -0.3 is 14.8 Å². The van der Waals surface area contributed by atoms with E-state index in [9.17, 15) is 9.18 Å². The molecule has 1 aromatic heterocycles. The predicted octanol–water partition coefficient (Wildman–Crippen LogP) is 8.00. The van der Waals surface area contributed by atoms with Gasteiger partial charge in [0.1, 0.15) is 23.9 Å². The minimum atomic E-state index is -0.409. The lowest BCUT2D eigenvalue weighted by Crippen LogP contribution is -2.10. The molecule has 0 radical (unpaired) electrons. The molecular weight excluding hydrogens is 608 g/mol. The van der Waals surface area contributed by atoms with E-state index in [2.05, 4.69) is 26.3 Å². The maximum absolute atomic E-state index is 14.3. The number of nitrogens with zero attached hydrogens (tertiary/aromatic N) is 2. The summed E-state index contributed by atoms with van der Waals surface area (Å²) in [6, 6.07) is 15.4. The Morgan fingerprint density at radius 3 is 2.62 bits per heavy atom. The number of carbonyl (C=O) groups is 1. The first kappa shape index (κ1) is 28.7. The van der Waals surface area contributed by atoms with Crippen LogP contribution >= 0.6 is 39.1 Å². The Kier molecular flexibility index (Phi) is 9.32. The van der Waals surface area contributed by atoms with Gasteiger partial charge >= 0.3 is 0 Å². The van der Waals surface area contributed by atoms with Crippen molar-refractivity contribution in [1.82, 2.24) is 9.78 Å². The van der Waals surface area contributed by atoms with Gasteiger partial charge in [0.25, 0.3) is 0 Å². The van der Waals surface area contributed by atoms with E-state index in [1.807, 2.05) is 25.1 Å². The molecule has 1 heterocycles. The number of halogens is 4. The van der Waals surface area contributed by atoms with Crippen molar-refractivity contribution in [3.63, 3.8) is 0 Å². The van der Waals surface area contributed by atoms with Crippen LogP contribution in [0.4, 0.5) is 10.1 Å². The van der Waals surface area contributed by atoms with Crippen LogP contribution in [0, 0.1) is 19.7 Å². The van der Waals surface area contributed by atoms with Gasteiger partial charge in [-0.2, -0.15) is 5.10 Å². The van der Waals surface area contributed by atoms with Crippen LogP contribution < -0.4 is 14.8 Å². The number of hydrogen-bond donors (Lipinski definition) is 1. The largest absolute Gasteiger partial charge is 0.496 e. The molecule has 6 nitrogen and oxygen atoms in total. The van der Waals surface area contributed by atoms with E-state index in [0.717, 1.165) is 15.6 Å². The zero-order valence-corrected chi connectivity index (χ0v) is 24.5. The minimum absolute atomic E-state index is 0.146. The first-order valence-corrected chi connectivity index (χ1v) is 13.4. The van der Waals surface area contributed by atoms with Gasteiger partial charge in [-0.25, -0.2) is 4.39 Å². The summed E-state index contributed by atoms with van der Waals surface area (Å²) in [5, 5.41) is 8.26. The average molecular weight is 633 g/mol. The van der Waals surface area contributed by atoms with E-state index in [-0.39, 0.29) is 19.1 Å². The quantitative estimate of drug-likeness (QED) is 0.190. The van der Waals surface area contributed by atoms with Gasteiger partial charge in [-0.05, 0) is 83.9 Å². The van der Waals surface area contributed by atoms with Crippen molar-refractivity contribution in [3.05, 3.63) is 109 Å². The van der Waals surface area contributed by atoms with E-state index in [0.29, 0.717) is 44.2 Å². The first-order valence-electron chi connectivity index (χ1n) is 11.9. The zero-order chi connectivity index (χ0) is 28.1. The maximum Gasteiger partial charge on any atom is 0.248 e. The number of hydrogen-bond acceptors (Lipinski definition) is 4. The van der Waals surface area contributed by atoms with Crippen LogP contribution in [-0.2, 0) is 17.9 Å². The molecule has 0 saturated heterocycles. The first-order chi connectivity index (χ1) is 18.7. The van der Waals surface area contributed by atoms with Crippen molar-refractivity contribution >= 4 is 56.8 Å². The fourth-order valence-corrected chi connectivity index (χ4v) is 4.98. The topological polar surface area (TPSA) is 65.4 Å². The van der Waals surface area contributed by atoms with E-state index in [1.54, 1.807) is 55.1 Å². The lowest BCUT2D eigenvalue weighted by molar-refractivity contribution is -0.111. The molecule has 0 atom stereocenters. The molecule has 0 aliphatic carbocycles. The number of methoxy groups -OCH3 is 1. The summed E-state index contributed by atoms with van der Waals surface area (Å²) in [7, 11) is 1.59. The Labute approximate surface area is 244 Å². The van der Waals surface area contributed by atoms with Crippen molar-refractivity contribution in [2.75, 3.05) is 12.4 Å². The third-order valence-corrected chi connectivity index (χ3v) is 7.22. The van der Waals surface area contributed by atoms with Gasteiger partial charge in [-0.1, -0.05) is 35.3 Å². The van der Waals surface area contributed by atoms with Crippen molar-refractivity contribution in [2.24, 2.45) is 0 Å². The van der Waals surface area contributed by atoms with Crippen LogP contribution in [0.3, 0.4) is 0 Å². The number of aryl methyl sites for hydroxylation is 1. The second-order valence-corrected chi connectivity index (χ2v) is 10.4. The van der Waals surface area contributed by atoms with Crippen LogP contribution in [0.1, 0.15) is 28.1 Å². The van der Waals surface area contributed by atoms with Crippen molar-refractivity contribution in [3.8, 4) is 11.5 Å². The number of nitrogens with one attached hydrogen (secondary N) is 1. The maximum atomic E-state index is 14.3. The molecule has 10 heteroatoms. The summed E-state index contributed by atoms with van der Waals surface area (Å²) >= 11 is 15.6. The average Bonchev–Trinajstić information content (AvgIpc) is 3.16. The monoisotopic (exact) mass is 631 g/mol. The highest BCUT2D eigenvalue weighted by molar-refractivity contribution is 9.10. The number of carbonyl (C=O) groups excluding carboxylic acids is 1. The van der Waals surface area contributed by atoms with Gasteiger partial charge in [0.05, 0.1) is 35.2 Å². The minimum Gasteiger partial charge on any atom is -0.496 e. The van der Waals surface area contributed by atoms with E-state index < -0.39 is 5.82 Å². The molecule has 1 N–H and O–H groups in total. The molecule has 39 heavy (non-hydrogen) atoms. The Morgan fingerprint density at radius 1 is 1.13 bits per heavy atom. The molecule has 0 spiro atoms. The van der Waals surface area contributed by atoms with Crippen molar-refractivity contribution in [2.45, 2.75) is 27.0 Å². The molecule has 4 aromatic rings. The van der Waals surface area contributed by atoms with Gasteiger partial charge in [-0.15, -0.1) is 0 Å². The Hall–Kier alpha value is -3.33. The number of amides is 1. The molecule has 202 valence electrons. The molecule has 4 rings (SSSR count). The Bertz CT molecular complexity index is 1540. The van der Waals surface area contributed by atoms with Crippen molar-refractivity contribution in [1.29, 1.82) is 0 Å². The highest BCUT2D eigenvalue weighted by atomic mass is 79.9. The van der Waals surface area contributed by atoms with Crippen LogP contribution in [0.15, 0.2) is 65.1 Å². The Morgan fingerprint density at radius 2 is 1.90 bits per heavy atom. The van der Waals surface area contributed by atoms with Gasteiger partial charge in [0.2, 0.25) is 5.91 Å². The molecule has 0 saturated carbocycles. The fraction of sp³-hybridized carbons (Fsp3) is 0.172. The lowest BCUT2D eigenvalue weighted by atomic mass is 10.1. The zero-order valence-electron chi connectivity index (χ0n) is 21.4. The Balaban J connectivity index is 1.46. The number of aromatic nitrogens is 2. The number of anilines is 1. The molecule has 0 bridgehead atoms. The summed E-state index contributed by atoms with van der Waals surface area (Å²) in [5.74, 6) is 0.567. The highest BCUT2D eigenvalue weighted by Crippen LogP contribution is 2.30. The third-order valence-electron chi connectivity index (χ3n) is 6.01. The van der Waals surface area contributed by atoms with Crippen LogP contribution in [0.25, 0.3) is 6.08 Å². The van der Waals surface area contributed by atoms with Crippen molar-refractivity contribution < 1.29 is 18.7 Å². The van der Waals surface area contributed by atoms with E-state index in [4.69, 9.17) is 32.7 Å². The summed E-state index contributed by atoms with van der Waals surface area (Å²) in [6.07, 6.45) is 3.14. The number of benzene rings is 3. The third kappa shape index (κ3) is 7.01. The number of ether oxygens (including phenoxy) is 2. The summed E-state index contributed by atoms with van der Waals surface area (Å²) in [4.78, 5) is 12.8. The standard InChI is InChI=1S/C29H25BrCl2FN3O3/c1-17-29(18(2)36(35-17)15-22-24(32)5-4-6-25(22)33)34-28(37)12-8-19-7-10-26(38-3)20(13-19)16-39-27-11-9-21(31)14-23(27)30/h4-14H,15-16H2,1-3H3,(H,34,37)/b12-8+. The summed E-state index contributed by atoms with van der Waals surface area (Å²) < 4.78 is 28.0. The molecule has 3 aromatic carbocycles. The molecule has 0 unspecified atom stereocenters. The molecular formula is C29H25BrCl2FN3O3.